The molecule has 0 aromatic rings. The number of rotatable bonds is 2. The first kappa shape index (κ1) is 9.90. The van der Waals surface area contributed by atoms with Crippen molar-refractivity contribution in [2.24, 2.45) is 0 Å². The maximum Gasteiger partial charge on any atom is 0.407 e. The number of amides is 2. The average Bonchev–Trinajstić information content (AvgIpc) is 2.02. The summed E-state index contributed by atoms with van der Waals surface area (Å²) in [6, 6.07) is 0. The second kappa shape index (κ2) is 4.67. The zero-order valence-electron chi connectivity index (χ0n) is 6.66. The molecule has 0 aliphatic heterocycles. The molecule has 0 aromatic heterocycles. The minimum Gasteiger partial charge on any atom is -0.450 e. The van der Waals surface area contributed by atoms with Crippen LogP contribution in [0.2, 0.25) is 0 Å². The van der Waals surface area contributed by atoms with Gasteiger partial charge in [0.05, 0.1) is 6.61 Å². The molecule has 0 fully saturated rings. The van der Waals surface area contributed by atoms with Gasteiger partial charge >= 0.3 is 6.09 Å². The van der Waals surface area contributed by atoms with Gasteiger partial charge in [0, 0.05) is 0 Å². The lowest BCUT2D eigenvalue weighted by Gasteiger charge is -2.12. The summed E-state index contributed by atoms with van der Waals surface area (Å²) in [4.78, 5) is 21.6. The lowest BCUT2D eigenvalue weighted by Crippen LogP contribution is -2.33. The molecule has 0 radical (unpaired) electrons. The van der Waals surface area contributed by atoms with Gasteiger partial charge in [0.1, 0.15) is 10.4 Å². The van der Waals surface area contributed by atoms with E-state index in [1.165, 1.54) is 0 Å². The van der Waals surface area contributed by atoms with Gasteiger partial charge in [-0.3, -0.25) is 9.36 Å². The van der Waals surface area contributed by atoms with E-state index < -0.39 is 12.0 Å². The highest BCUT2D eigenvalue weighted by molar-refractivity contribution is 6.25. The predicted octanol–water partition coefficient (Wildman–Crippen LogP) is -0.562. The van der Waals surface area contributed by atoms with Gasteiger partial charge in [-0.25, -0.2) is 4.79 Å². The second-order valence-corrected chi connectivity index (χ2v) is 2.69. The monoisotopic (exact) mass is 173 g/mol. The van der Waals surface area contributed by atoms with E-state index >= 15 is 0 Å². The van der Waals surface area contributed by atoms with Crippen molar-refractivity contribution in [1.82, 2.24) is 4.57 Å². The molecule has 0 spiro atoms. The molecule has 0 N–H and O–H groups in total. The van der Waals surface area contributed by atoms with Gasteiger partial charge in [-0.05, 0) is 13.0 Å². The minimum absolute atomic E-state index is 0.280. The van der Waals surface area contributed by atoms with Crippen molar-refractivity contribution in [1.29, 1.82) is 0 Å². The Morgan fingerprint density at radius 2 is 2.27 bits per heavy atom. The molecular weight excluding hydrogens is 162 g/mol. The van der Waals surface area contributed by atoms with Crippen LogP contribution in [0.3, 0.4) is 0 Å². The molecule has 0 rings (SSSR count). The molecule has 5 heteroatoms. The zero-order valence-corrected chi connectivity index (χ0v) is 8.66. The van der Waals surface area contributed by atoms with Gasteiger partial charge in [-0.1, -0.05) is 6.58 Å². The van der Waals surface area contributed by atoms with Crippen LogP contribution in [0.4, 0.5) is 4.79 Å². The Labute approximate surface area is 68.3 Å². The number of imide groups is 1. The Morgan fingerprint density at radius 1 is 1.73 bits per heavy atom. The molecule has 0 aromatic carbocycles. The van der Waals surface area contributed by atoms with Crippen molar-refractivity contribution in [3.63, 3.8) is 0 Å². The van der Waals surface area contributed by atoms with Crippen LogP contribution in [0.25, 0.3) is 0 Å². The van der Waals surface area contributed by atoms with Crippen molar-refractivity contribution in [3.8, 4) is 0 Å². The van der Waals surface area contributed by atoms with Crippen molar-refractivity contribution in [2.75, 3.05) is 6.61 Å². The first-order valence-corrected chi connectivity index (χ1v) is 4.09. The number of nitrogens with zero attached hydrogens (tertiary/aromatic N) is 1. The van der Waals surface area contributed by atoms with E-state index in [-0.39, 0.29) is 6.61 Å². The summed E-state index contributed by atoms with van der Waals surface area (Å²) in [6.07, 6.45) is 0.494. The quantitative estimate of drug-likeness (QED) is 0.415. The first-order valence-electron chi connectivity index (χ1n) is 3.20. The Hall–Kier alpha value is -1.10. The zero-order chi connectivity index (χ0) is 8.85. The van der Waals surface area contributed by atoms with Gasteiger partial charge in [0.15, 0.2) is 0 Å². The smallest absolute Gasteiger partial charge is 0.407 e. The topological polar surface area (TPSA) is 46.6 Å². The van der Waals surface area contributed by atoms with Gasteiger partial charge < -0.3 is 4.74 Å². The Kier molecular flexibility index (Phi) is 4.20. The molecule has 0 unspecified atom stereocenters. The van der Waals surface area contributed by atoms with Crippen LogP contribution in [-0.2, 0) is 9.53 Å². The van der Waals surface area contributed by atoms with Crippen LogP contribution in [0.1, 0.15) is 6.92 Å². The third-order valence-electron chi connectivity index (χ3n) is 1.05. The van der Waals surface area contributed by atoms with Crippen LogP contribution < -0.4 is 0 Å². The lowest BCUT2D eigenvalue weighted by atomic mass is 10.6. The first-order chi connectivity index (χ1) is 5.13. The Morgan fingerprint density at radius 3 is 2.64 bits per heavy atom. The van der Waals surface area contributed by atoms with Crippen molar-refractivity contribution in [3.05, 3.63) is 12.7 Å². The van der Waals surface area contributed by atoms with Crippen molar-refractivity contribution in [2.45, 2.75) is 6.92 Å². The lowest BCUT2D eigenvalue weighted by molar-refractivity contribution is -0.120. The molecule has 2 amide bonds. The minimum atomic E-state index is -0.593. The second-order valence-electron chi connectivity index (χ2n) is 1.80. The molecule has 0 heterocycles. The Bertz CT molecular complexity index is 181. The fourth-order valence-electron chi connectivity index (χ4n) is 0.447. The SMILES string of the molecule is C=CC(=O)N([SiH3])C(=O)OCC. The molecule has 0 aliphatic rings. The van der Waals surface area contributed by atoms with E-state index in [1.807, 2.05) is 0 Å². The highest BCUT2D eigenvalue weighted by Gasteiger charge is 2.12. The van der Waals surface area contributed by atoms with E-state index in [0.717, 1.165) is 10.6 Å². The fraction of sp³-hybridized carbons (Fsp3) is 0.333. The summed E-state index contributed by atoms with van der Waals surface area (Å²) < 4.78 is 5.58. The van der Waals surface area contributed by atoms with Crippen LogP contribution >= 0.6 is 0 Å². The van der Waals surface area contributed by atoms with Gasteiger partial charge in [0.25, 0.3) is 0 Å². The molecule has 4 nitrogen and oxygen atoms in total. The van der Waals surface area contributed by atoms with E-state index in [9.17, 15) is 9.59 Å². The highest BCUT2D eigenvalue weighted by Crippen LogP contribution is 1.90. The number of hydrogen-bond acceptors (Lipinski definition) is 3. The average molecular weight is 173 g/mol. The van der Waals surface area contributed by atoms with E-state index in [4.69, 9.17) is 0 Å². The maximum absolute atomic E-state index is 10.8. The number of ether oxygens (including phenoxy) is 1. The predicted molar refractivity (Wildman–Crippen MR) is 44.0 cm³/mol. The number of hydrogen-bond donors (Lipinski definition) is 0. The van der Waals surface area contributed by atoms with Crippen LogP contribution in [-0.4, -0.2) is 33.6 Å². The third kappa shape index (κ3) is 2.99. The maximum atomic E-state index is 10.8. The molecule has 0 bridgehead atoms. The normalized spacial score (nSPS) is 8.82. The molecule has 62 valence electrons. The standard InChI is InChI=1S/C6H11NO3Si/c1-3-5(8)7(11)6(9)10-4-2/h3H,1,4H2,2,11H3. The Balaban J connectivity index is 4.01. The molecule has 0 atom stereocenters. The van der Waals surface area contributed by atoms with Crippen LogP contribution in [0.5, 0.6) is 0 Å². The molecule has 0 saturated heterocycles. The summed E-state index contributed by atoms with van der Waals surface area (Å²) >= 11 is 0. The summed E-state index contributed by atoms with van der Waals surface area (Å²) in [6.45, 7) is 5.21. The van der Waals surface area contributed by atoms with Gasteiger partial charge in [-0.2, -0.15) is 0 Å². The largest absolute Gasteiger partial charge is 0.450 e. The number of carbonyl (C=O) groups is 2. The van der Waals surface area contributed by atoms with Crippen LogP contribution in [0, 0.1) is 0 Å². The summed E-state index contributed by atoms with van der Waals surface area (Å²) in [5.74, 6) is -0.407. The summed E-state index contributed by atoms with van der Waals surface area (Å²) in [7, 11) is 0.319. The van der Waals surface area contributed by atoms with Crippen LogP contribution in [0.15, 0.2) is 12.7 Å². The van der Waals surface area contributed by atoms with E-state index in [0.29, 0.717) is 10.4 Å². The molecule has 0 saturated carbocycles. The van der Waals surface area contributed by atoms with Gasteiger partial charge in [-0.15, -0.1) is 0 Å². The molecular formula is C6H11NO3Si. The summed E-state index contributed by atoms with van der Waals surface area (Å²) in [5, 5.41) is 0. The summed E-state index contributed by atoms with van der Waals surface area (Å²) in [5.41, 5.74) is 0. The van der Waals surface area contributed by atoms with E-state index in [2.05, 4.69) is 11.3 Å². The fourth-order valence-corrected chi connectivity index (χ4v) is 0.759. The molecule has 0 aliphatic carbocycles. The number of carbonyl (C=O) groups excluding carboxylic acids is 2. The van der Waals surface area contributed by atoms with E-state index in [1.54, 1.807) is 6.92 Å². The van der Waals surface area contributed by atoms with Gasteiger partial charge in [0.2, 0.25) is 5.91 Å². The third-order valence-corrected chi connectivity index (χ3v) is 1.85. The van der Waals surface area contributed by atoms with Crippen molar-refractivity contribution >= 4 is 22.4 Å². The van der Waals surface area contributed by atoms with Crippen molar-refractivity contribution < 1.29 is 14.3 Å². The highest BCUT2D eigenvalue weighted by atomic mass is 28.2. The molecule has 11 heavy (non-hydrogen) atoms.